The van der Waals surface area contributed by atoms with Gasteiger partial charge in [-0.05, 0) is 37.2 Å². The Morgan fingerprint density at radius 2 is 2.14 bits per heavy atom. The molecule has 0 radical (unpaired) electrons. The highest BCUT2D eigenvalue weighted by molar-refractivity contribution is 7.98. The summed E-state index contributed by atoms with van der Waals surface area (Å²) in [7, 11) is 0. The molecule has 1 fully saturated rings. The fourth-order valence-electron chi connectivity index (χ4n) is 2.39. The number of carbonyl (C=O) groups excluding carboxylic acids is 1. The lowest BCUT2D eigenvalue weighted by molar-refractivity contribution is -0.121. The van der Waals surface area contributed by atoms with E-state index in [-0.39, 0.29) is 5.91 Å². The number of thioether (sulfide) groups is 1. The molecule has 7 heteroatoms. The number of hydrazine groups is 1. The average molecular weight is 342 g/mol. The van der Waals surface area contributed by atoms with Crippen LogP contribution in [0.1, 0.15) is 44.3 Å². The van der Waals surface area contributed by atoms with Gasteiger partial charge in [0.1, 0.15) is 5.76 Å². The molecule has 1 aliphatic rings. The van der Waals surface area contributed by atoms with Crippen molar-refractivity contribution >= 4 is 35.0 Å². The van der Waals surface area contributed by atoms with Gasteiger partial charge in [0.05, 0.1) is 12.0 Å². The number of amides is 1. The minimum Gasteiger partial charge on any atom is -0.468 e. The first-order chi connectivity index (χ1) is 10.7. The van der Waals surface area contributed by atoms with E-state index >= 15 is 0 Å². The number of hydrogen-bond donors (Lipinski definition) is 3. The second-order valence-corrected chi connectivity index (χ2v) is 6.88. The topological polar surface area (TPSA) is 66.3 Å². The molecule has 22 heavy (non-hydrogen) atoms. The number of thiocarbonyl (C=S) groups is 1. The summed E-state index contributed by atoms with van der Waals surface area (Å²) in [4.78, 5) is 11.7. The zero-order valence-corrected chi connectivity index (χ0v) is 14.2. The predicted octanol–water partition coefficient (Wildman–Crippen LogP) is 2.73. The second-order valence-electron chi connectivity index (χ2n) is 5.36. The summed E-state index contributed by atoms with van der Waals surface area (Å²) in [5.41, 5.74) is 5.41. The van der Waals surface area contributed by atoms with Crippen LogP contribution in [0.15, 0.2) is 22.8 Å². The summed E-state index contributed by atoms with van der Waals surface area (Å²) >= 11 is 6.86. The second kappa shape index (κ2) is 9.74. The normalized spacial score (nSPS) is 15.3. The Morgan fingerprint density at radius 1 is 1.32 bits per heavy atom. The van der Waals surface area contributed by atoms with E-state index in [0.29, 0.717) is 17.6 Å². The highest BCUT2D eigenvalue weighted by Gasteiger charge is 2.14. The molecule has 5 nitrogen and oxygen atoms in total. The molecule has 0 saturated heterocycles. The molecule has 1 heterocycles. The van der Waals surface area contributed by atoms with Crippen molar-refractivity contribution in [2.75, 3.05) is 5.75 Å². The third-order valence-electron chi connectivity index (χ3n) is 3.55. The van der Waals surface area contributed by atoms with Crippen molar-refractivity contribution in [3.05, 3.63) is 24.2 Å². The van der Waals surface area contributed by atoms with Gasteiger partial charge in [0, 0.05) is 18.2 Å². The zero-order chi connectivity index (χ0) is 15.6. The molecule has 1 saturated carbocycles. The smallest absolute Gasteiger partial charge is 0.239 e. The van der Waals surface area contributed by atoms with E-state index in [1.165, 1.54) is 19.3 Å². The molecule has 0 spiro atoms. The van der Waals surface area contributed by atoms with Crippen LogP contribution in [0.4, 0.5) is 0 Å². The van der Waals surface area contributed by atoms with Gasteiger partial charge in [0.15, 0.2) is 5.11 Å². The van der Waals surface area contributed by atoms with Gasteiger partial charge in [-0.15, -0.1) is 0 Å². The van der Waals surface area contributed by atoms with Crippen molar-refractivity contribution in [3.63, 3.8) is 0 Å². The van der Waals surface area contributed by atoms with Gasteiger partial charge in [-0.3, -0.25) is 15.6 Å². The van der Waals surface area contributed by atoms with Gasteiger partial charge in [-0.1, -0.05) is 19.3 Å². The highest BCUT2D eigenvalue weighted by atomic mass is 32.2. The summed E-state index contributed by atoms with van der Waals surface area (Å²) in [5.74, 6) is 2.41. The molecule has 122 valence electrons. The number of carbonyl (C=O) groups is 1. The maximum absolute atomic E-state index is 11.7. The standard InChI is InChI=1S/C15H23N3O2S2/c19-14(8-10-22-11-13-7-4-9-20-13)17-18-15(21)16-12-5-2-1-3-6-12/h4,7,9,12H,1-3,5-6,8,10-11H2,(H,17,19)(H2,16,18,21). The summed E-state index contributed by atoms with van der Waals surface area (Å²) in [5, 5.41) is 3.75. The fraction of sp³-hybridized carbons (Fsp3) is 0.600. The number of nitrogens with one attached hydrogen (secondary N) is 3. The molecule has 0 aromatic carbocycles. The number of furan rings is 1. The van der Waals surface area contributed by atoms with Crippen LogP contribution in [-0.2, 0) is 10.5 Å². The average Bonchev–Trinajstić information content (AvgIpc) is 3.04. The minimum atomic E-state index is -0.0558. The lowest BCUT2D eigenvalue weighted by atomic mass is 9.96. The molecule has 2 rings (SSSR count). The largest absolute Gasteiger partial charge is 0.468 e. The lowest BCUT2D eigenvalue weighted by Crippen LogP contribution is -2.50. The van der Waals surface area contributed by atoms with Gasteiger partial charge < -0.3 is 9.73 Å². The third kappa shape index (κ3) is 6.70. The maximum Gasteiger partial charge on any atom is 0.239 e. The first-order valence-corrected chi connectivity index (χ1v) is 9.26. The van der Waals surface area contributed by atoms with E-state index < -0.39 is 0 Å². The van der Waals surface area contributed by atoms with Crippen LogP contribution in [0, 0.1) is 0 Å². The van der Waals surface area contributed by atoms with E-state index in [4.69, 9.17) is 16.6 Å². The lowest BCUT2D eigenvalue weighted by Gasteiger charge is -2.24. The molecule has 0 unspecified atom stereocenters. The van der Waals surface area contributed by atoms with Crippen LogP contribution in [-0.4, -0.2) is 22.8 Å². The van der Waals surface area contributed by atoms with Gasteiger partial charge in [-0.2, -0.15) is 11.8 Å². The molecular weight excluding hydrogens is 318 g/mol. The summed E-state index contributed by atoms with van der Waals surface area (Å²) in [6, 6.07) is 4.24. The highest BCUT2D eigenvalue weighted by Crippen LogP contribution is 2.17. The molecule has 0 atom stereocenters. The van der Waals surface area contributed by atoms with Crippen molar-refractivity contribution in [1.82, 2.24) is 16.2 Å². The minimum absolute atomic E-state index is 0.0558. The predicted molar refractivity (Wildman–Crippen MR) is 93.4 cm³/mol. The van der Waals surface area contributed by atoms with E-state index in [0.717, 1.165) is 30.1 Å². The SMILES string of the molecule is O=C(CCSCc1ccco1)NNC(=S)NC1CCCCC1. The Labute approximate surface area is 140 Å². The quantitative estimate of drug-likeness (QED) is 0.420. The molecule has 1 aromatic rings. The molecular formula is C15H23N3O2S2. The molecule has 1 amide bonds. The van der Waals surface area contributed by atoms with Crippen LogP contribution in [0.2, 0.25) is 0 Å². The van der Waals surface area contributed by atoms with Crippen molar-refractivity contribution in [1.29, 1.82) is 0 Å². The maximum atomic E-state index is 11.7. The van der Waals surface area contributed by atoms with E-state index in [1.54, 1.807) is 18.0 Å². The molecule has 0 bridgehead atoms. The number of hydrogen-bond acceptors (Lipinski definition) is 4. The van der Waals surface area contributed by atoms with E-state index in [9.17, 15) is 4.79 Å². The van der Waals surface area contributed by atoms with E-state index in [2.05, 4.69) is 16.2 Å². The fourth-order valence-corrected chi connectivity index (χ4v) is 3.45. The number of rotatable bonds is 6. The Kier molecular flexibility index (Phi) is 7.59. The van der Waals surface area contributed by atoms with Crippen LogP contribution >= 0.6 is 24.0 Å². The first-order valence-electron chi connectivity index (χ1n) is 7.69. The van der Waals surface area contributed by atoms with Crippen molar-refractivity contribution in [2.45, 2.75) is 50.3 Å². The Hall–Kier alpha value is -1.21. The monoisotopic (exact) mass is 341 g/mol. The van der Waals surface area contributed by atoms with Crippen LogP contribution in [0.5, 0.6) is 0 Å². The van der Waals surface area contributed by atoms with Crippen LogP contribution < -0.4 is 16.2 Å². The van der Waals surface area contributed by atoms with Gasteiger partial charge >= 0.3 is 0 Å². The molecule has 1 aliphatic carbocycles. The Bertz CT molecular complexity index is 459. The van der Waals surface area contributed by atoms with Crippen molar-refractivity contribution in [3.8, 4) is 0 Å². The van der Waals surface area contributed by atoms with Gasteiger partial charge in [-0.25, -0.2) is 0 Å². The Balaban J connectivity index is 1.50. The van der Waals surface area contributed by atoms with Gasteiger partial charge in [0.2, 0.25) is 5.91 Å². The van der Waals surface area contributed by atoms with Crippen LogP contribution in [0.25, 0.3) is 0 Å². The third-order valence-corrected chi connectivity index (χ3v) is 4.76. The molecule has 1 aromatic heterocycles. The van der Waals surface area contributed by atoms with Crippen LogP contribution in [0.3, 0.4) is 0 Å². The Morgan fingerprint density at radius 3 is 2.86 bits per heavy atom. The molecule has 0 aliphatic heterocycles. The zero-order valence-electron chi connectivity index (χ0n) is 12.6. The molecule has 3 N–H and O–H groups in total. The van der Waals surface area contributed by atoms with E-state index in [1.807, 2.05) is 12.1 Å². The summed E-state index contributed by atoms with van der Waals surface area (Å²) in [6.07, 6.45) is 8.22. The van der Waals surface area contributed by atoms with Crippen molar-refractivity contribution < 1.29 is 9.21 Å². The van der Waals surface area contributed by atoms with Gasteiger partial charge in [0.25, 0.3) is 0 Å². The first kappa shape index (κ1) is 17.1. The van der Waals surface area contributed by atoms with Crippen molar-refractivity contribution in [2.24, 2.45) is 0 Å². The summed E-state index contributed by atoms with van der Waals surface area (Å²) in [6.45, 7) is 0. The summed E-state index contributed by atoms with van der Waals surface area (Å²) < 4.78 is 5.23.